The highest BCUT2D eigenvalue weighted by Crippen LogP contribution is 2.27. The molecule has 8 heteroatoms. The molecule has 0 fully saturated rings. The van der Waals surface area contributed by atoms with Crippen LogP contribution < -0.4 is 20.1 Å². The molecule has 29 heavy (non-hydrogen) atoms. The van der Waals surface area contributed by atoms with E-state index in [2.05, 4.69) is 15.6 Å². The number of hydrogen-bond acceptors (Lipinski definition) is 5. The van der Waals surface area contributed by atoms with E-state index in [1.54, 1.807) is 37.4 Å². The van der Waals surface area contributed by atoms with Gasteiger partial charge in [-0.15, -0.1) is 0 Å². The summed E-state index contributed by atoms with van der Waals surface area (Å²) in [5.41, 5.74) is 1.64. The Kier molecular flexibility index (Phi) is 6.23. The summed E-state index contributed by atoms with van der Waals surface area (Å²) in [6.07, 6.45) is 1.62. The van der Waals surface area contributed by atoms with Gasteiger partial charge in [0.25, 0.3) is 0 Å². The van der Waals surface area contributed by atoms with Crippen molar-refractivity contribution in [3.05, 3.63) is 71.9 Å². The molecular weight excluding hydrogens is 380 g/mol. The molecule has 1 aromatic heterocycles. The van der Waals surface area contributed by atoms with Gasteiger partial charge in [-0.2, -0.15) is 0 Å². The van der Waals surface area contributed by atoms with Crippen LogP contribution in [0.15, 0.2) is 54.7 Å². The van der Waals surface area contributed by atoms with Crippen LogP contribution in [0.4, 0.5) is 26.0 Å². The minimum atomic E-state index is -0.950. The first-order valence-electron chi connectivity index (χ1n) is 8.67. The fourth-order valence-electron chi connectivity index (χ4n) is 2.64. The highest BCUT2D eigenvalue weighted by atomic mass is 19.2. The summed E-state index contributed by atoms with van der Waals surface area (Å²) >= 11 is 0. The molecule has 3 rings (SSSR count). The lowest BCUT2D eigenvalue weighted by molar-refractivity contribution is -0.115. The minimum absolute atomic E-state index is 0.148. The zero-order chi connectivity index (χ0) is 20.8. The van der Waals surface area contributed by atoms with Crippen LogP contribution in [0.3, 0.4) is 0 Å². The molecule has 1 amide bonds. The van der Waals surface area contributed by atoms with Gasteiger partial charge < -0.3 is 20.1 Å². The third-order valence-electron chi connectivity index (χ3n) is 4.05. The van der Waals surface area contributed by atoms with E-state index in [4.69, 9.17) is 9.47 Å². The first kappa shape index (κ1) is 20.1. The monoisotopic (exact) mass is 399 g/mol. The third-order valence-corrected chi connectivity index (χ3v) is 4.05. The van der Waals surface area contributed by atoms with Gasteiger partial charge in [0.2, 0.25) is 5.91 Å². The van der Waals surface area contributed by atoms with E-state index in [-0.39, 0.29) is 12.3 Å². The molecule has 0 aliphatic carbocycles. The highest BCUT2D eigenvalue weighted by molar-refractivity contribution is 5.92. The van der Waals surface area contributed by atoms with Crippen molar-refractivity contribution in [2.75, 3.05) is 24.9 Å². The van der Waals surface area contributed by atoms with E-state index in [0.29, 0.717) is 28.7 Å². The predicted molar refractivity (Wildman–Crippen MR) is 106 cm³/mol. The van der Waals surface area contributed by atoms with Crippen molar-refractivity contribution < 1.29 is 23.0 Å². The Balaban J connectivity index is 1.60. The second kappa shape index (κ2) is 9.01. The van der Waals surface area contributed by atoms with Crippen LogP contribution in [0, 0.1) is 11.6 Å². The average molecular weight is 399 g/mol. The van der Waals surface area contributed by atoms with Crippen LogP contribution in [-0.4, -0.2) is 25.1 Å². The number of carbonyl (C=O) groups excluding carboxylic acids is 1. The number of hydrogen-bond donors (Lipinski definition) is 2. The maximum atomic E-state index is 13.3. The Hall–Kier alpha value is -3.68. The number of halogens is 2. The molecule has 0 saturated heterocycles. The van der Waals surface area contributed by atoms with Gasteiger partial charge in [0, 0.05) is 11.8 Å². The number of carbonyl (C=O) groups is 1. The quantitative estimate of drug-likeness (QED) is 0.620. The van der Waals surface area contributed by atoms with E-state index in [1.165, 1.54) is 19.4 Å². The first-order chi connectivity index (χ1) is 14.0. The third kappa shape index (κ3) is 5.19. The maximum absolute atomic E-state index is 13.3. The van der Waals surface area contributed by atoms with Crippen LogP contribution in [0.1, 0.15) is 5.56 Å². The summed E-state index contributed by atoms with van der Waals surface area (Å²) in [6, 6.07) is 12.0. The molecule has 3 aromatic rings. The van der Waals surface area contributed by atoms with E-state index in [1.807, 2.05) is 0 Å². The molecule has 150 valence electrons. The zero-order valence-corrected chi connectivity index (χ0v) is 15.8. The number of anilines is 3. The second-order valence-electron chi connectivity index (χ2n) is 6.10. The van der Waals surface area contributed by atoms with Crippen LogP contribution in [0.2, 0.25) is 0 Å². The van der Waals surface area contributed by atoms with Gasteiger partial charge in [-0.05, 0) is 42.0 Å². The fourth-order valence-corrected chi connectivity index (χ4v) is 2.64. The van der Waals surface area contributed by atoms with E-state index in [0.717, 1.165) is 17.7 Å². The number of nitrogens with zero attached hydrogens (tertiary/aromatic N) is 1. The van der Waals surface area contributed by atoms with Crippen molar-refractivity contribution in [2.24, 2.45) is 0 Å². The summed E-state index contributed by atoms with van der Waals surface area (Å²) in [6.45, 7) is 0. The molecule has 0 aliphatic rings. The van der Waals surface area contributed by atoms with Crippen molar-refractivity contribution >= 4 is 23.1 Å². The van der Waals surface area contributed by atoms with Crippen LogP contribution >= 0.6 is 0 Å². The molecule has 0 saturated carbocycles. The predicted octanol–water partition coefficient (Wildman–Crippen LogP) is 4.30. The van der Waals surface area contributed by atoms with Crippen LogP contribution in [0.25, 0.3) is 0 Å². The van der Waals surface area contributed by atoms with Gasteiger partial charge in [0.15, 0.2) is 23.1 Å². The molecule has 0 bridgehead atoms. The lowest BCUT2D eigenvalue weighted by Crippen LogP contribution is -2.14. The highest BCUT2D eigenvalue weighted by Gasteiger charge is 2.09. The van der Waals surface area contributed by atoms with Crippen molar-refractivity contribution in [1.29, 1.82) is 0 Å². The Morgan fingerprint density at radius 1 is 0.931 bits per heavy atom. The standard InChI is InChI=1S/C21H19F2N3O3/c1-28-18-7-3-13(9-19(18)29-2)10-21(27)26-15-5-8-20(24-12-15)25-14-4-6-16(22)17(23)11-14/h3-9,11-12H,10H2,1-2H3,(H,24,25)(H,26,27). The minimum Gasteiger partial charge on any atom is -0.493 e. The van der Waals surface area contributed by atoms with Gasteiger partial charge >= 0.3 is 0 Å². The number of pyridine rings is 1. The lowest BCUT2D eigenvalue weighted by Gasteiger charge is -2.10. The molecule has 2 N–H and O–H groups in total. The van der Waals surface area contributed by atoms with Crippen molar-refractivity contribution in [2.45, 2.75) is 6.42 Å². The second-order valence-corrected chi connectivity index (χ2v) is 6.10. The summed E-state index contributed by atoms with van der Waals surface area (Å²) in [5.74, 6) is -0.531. The van der Waals surface area contributed by atoms with Crippen LogP contribution in [-0.2, 0) is 11.2 Å². The number of methoxy groups -OCH3 is 2. The largest absolute Gasteiger partial charge is 0.493 e. The van der Waals surface area contributed by atoms with Gasteiger partial charge in [-0.25, -0.2) is 13.8 Å². The maximum Gasteiger partial charge on any atom is 0.228 e. The normalized spacial score (nSPS) is 10.3. The molecule has 1 heterocycles. The number of aromatic nitrogens is 1. The number of nitrogens with one attached hydrogen (secondary N) is 2. The van der Waals surface area contributed by atoms with Crippen LogP contribution in [0.5, 0.6) is 11.5 Å². The van der Waals surface area contributed by atoms with E-state index < -0.39 is 11.6 Å². The van der Waals surface area contributed by atoms with E-state index in [9.17, 15) is 13.6 Å². The van der Waals surface area contributed by atoms with Gasteiger partial charge in [-0.3, -0.25) is 4.79 Å². The van der Waals surface area contributed by atoms with Crippen molar-refractivity contribution in [3.63, 3.8) is 0 Å². The molecule has 2 aromatic carbocycles. The summed E-state index contributed by atoms with van der Waals surface area (Å²) < 4.78 is 36.7. The molecule has 6 nitrogen and oxygen atoms in total. The Morgan fingerprint density at radius 2 is 1.69 bits per heavy atom. The smallest absolute Gasteiger partial charge is 0.228 e. The zero-order valence-electron chi connectivity index (χ0n) is 15.8. The Morgan fingerprint density at radius 3 is 2.34 bits per heavy atom. The lowest BCUT2D eigenvalue weighted by atomic mass is 10.1. The Labute approximate surface area is 166 Å². The number of rotatable bonds is 7. The SMILES string of the molecule is COc1ccc(CC(=O)Nc2ccc(Nc3ccc(F)c(F)c3)nc2)cc1OC. The van der Waals surface area contributed by atoms with Gasteiger partial charge in [-0.1, -0.05) is 6.07 Å². The summed E-state index contributed by atoms with van der Waals surface area (Å²) in [5, 5.41) is 5.61. The molecule has 0 aliphatic heterocycles. The van der Waals surface area contributed by atoms with Gasteiger partial charge in [0.05, 0.1) is 32.5 Å². The molecule has 0 spiro atoms. The topological polar surface area (TPSA) is 72.5 Å². The Bertz CT molecular complexity index is 1010. The molecule has 0 unspecified atom stereocenters. The van der Waals surface area contributed by atoms with Gasteiger partial charge in [0.1, 0.15) is 5.82 Å². The fraction of sp³-hybridized carbons (Fsp3) is 0.143. The number of benzene rings is 2. The number of ether oxygens (including phenoxy) is 2. The molecule has 0 radical (unpaired) electrons. The molecule has 0 atom stereocenters. The van der Waals surface area contributed by atoms with Crippen molar-refractivity contribution in [3.8, 4) is 11.5 Å². The summed E-state index contributed by atoms with van der Waals surface area (Å²) in [4.78, 5) is 16.4. The average Bonchev–Trinajstić information content (AvgIpc) is 2.72. The number of amides is 1. The van der Waals surface area contributed by atoms with E-state index >= 15 is 0 Å². The first-order valence-corrected chi connectivity index (χ1v) is 8.67. The summed E-state index contributed by atoms with van der Waals surface area (Å²) in [7, 11) is 3.08. The van der Waals surface area contributed by atoms with Crippen molar-refractivity contribution in [1.82, 2.24) is 4.98 Å². The molecular formula is C21H19F2N3O3.